The van der Waals surface area contributed by atoms with Gasteiger partial charge in [-0.1, -0.05) is 6.07 Å². The summed E-state index contributed by atoms with van der Waals surface area (Å²) in [7, 11) is -7.27. The Hall–Kier alpha value is -1.80. The molecule has 2 aliphatic heterocycles. The molecule has 0 aliphatic carbocycles. The normalized spacial score (nSPS) is 17.1. The molecule has 6 nitrogen and oxygen atoms in total. The van der Waals surface area contributed by atoms with E-state index in [1.54, 1.807) is 0 Å². The molecule has 0 amide bonds. The second kappa shape index (κ2) is 3.36. The highest BCUT2D eigenvalue weighted by atomic mass is 32.2. The van der Waals surface area contributed by atoms with E-state index in [4.69, 9.17) is 0 Å². The van der Waals surface area contributed by atoms with E-state index >= 15 is 0 Å². The van der Waals surface area contributed by atoms with Crippen LogP contribution in [0.2, 0.25) is 0 Å². The summed E-state index contributed by atoms with van der Waals surface area (Å²) in [5.41, 5.74) is 0. The molecule has 0 aromatic heterocycles. The Morgan fingerprint density at radius 1 is 0.722 bits per heavy atom. The fourth-order valence-electron chi connectivity index (χ4n) is 1.41. The molecule has 8 heteroatoms. The molecule has 18 heavy (non-hydrogen) atoms. The standard InChI is InChI=1S/C10H8N2O4S2/c13-17(14,11-4-5-11)9-2-1-3-10(8-9)18(15,16)12-6-7-12/h1-8H. The Morgan fingerprint density at radius 3 is 1.44 bits per heavy atom. The van der Waals surface area contributed by atoms with Gasteiger partial charge in [-0.3, -0.25) is 0 Å². The Morgan fingerprint density at radius 2 is 1.11 bits per heavy atom. The van der Waals surface area contributed by atoms with Gasteiger partial charge in [0.2, 0.25) is 0 Å². The van der Waals surface area contributed by atoms with Crippen LogP contribution in [0.3, 0.4) is 0 Å². The Bertz CT molecular complexity index is 703. The van der Waals surface area contributed by atoms with Crippen molar-refractivity contribution in [3.05, 3.63) is 49.1 Å². The van der Waals surface area contributed by atoms with E-state index in [-0.39, 0.29) is 9.79 Å². The average Bonchev–Trinajstić information content (AvgIpc) is 3.20. The third-order valence-electron chi connectivity index (χ3n) is 2.50. The number of hydrogen-bond acceptors (Lipinski definition) is 4. The largest absolute Gasteiger partial charge is 0.267 e. The first kappa shape index (κ1) is 11.3. The monoisotopic (exact) mass is 284 g/mol. The maximum Gasteiger partial charge on any atom is 0.267 e. The summed E-state index contributed by atoms with van der Waals surface area (Å²) in [6.07, 6.45) is 5.57. The van der Waals surface area contributed by atoms with Gasteiger partial charge in [-0.25, -0.2) is 25.4 Å². The van der Waals surface area contributed by atoms with Gasteiger partial charge in [-0.2, -0.15) is 0 Å². The van der Waals surface area contributed by atoms with Crippen molar-refractivity contribution in [3.63, 3.8) is 0 Å². The minimum Gasteiger partial charge on any atom is -0.246 e. The van der Waals surface area contributed by atoms with Crippen molar-refractivity contribution >= 4 is 20.0 Å². The van der Waals surface area contributed by atoms with Gasteiger partial charge >= 0.3 is 0 Å². The van der Waals surface area contributed by atoms with E-state index in [1.807, 2.05) is 0 Å². The van der Waals surface area contributed by atoms with E-state index in [9.17, 15) is 16.8 Å². The Labute approximate surface area is 105 Å². The molecule has 0 radical (unpaired) electrons. The van der Waals surface area contributed by atoms with Crippen LogP contribution >= 0.6 is 0 Å². The predicted molar refractivity (Wildman–Crippen MR) is 62.8 cm³/mol. The summed E-state index contributed by atoms with van der Waals surface area (Å²) >= 11 is 0. The van der Waals surface area contributed by atoms with Crippen molar-refractivity contribution in [2.75, 3.05) is 0 Å². The Balaban J connectivity index is 2.04. The first-order chi connectivity index (χ1) is 8.42. The van der Waals surface area contributed by atoms with Crippen LogP contribution in [0.4, 0.5) is 0 Å². The molecule has 0 saturated heterocycles. The molecule has 3 rings (SSSR count). The lowest BCUT2D eigenvalue weighted by molar-refractivity contribution is 0.567. The molecule has 0 N–H and O–H groups in total. The van der Waals surface area contributed by atoms with Gasteiger partial charge in [0.05, 0.1) is 9.79 Å². The lowest BCUT2D eigenvalue weighted by atomic mass is 10.4. The van der Waals surface area contributed by atoms with E-state index in [1.165, 1.54) is 43.0 Å². The van der Waals surface area contributed by atoms with Crippen LogP contribution in [0.25, 0.3) is 0 Å². The second-order valence-electron chi connectivity index (χ2n) is 3.74. The number of sulfonamides is 2. The van der Waals surface area contributed by atoms with Crippen LogP contribution in [0, 0.1) is 0 Å². The zero-order valence-corrected chi connectivity index (χ0v) is 10.6. The summed E-state index contributed by atoms with van der Waals surface area (Å²) in [6, 6.07) is 5.30. The molecule has 1 aromatic rings. The molecule has 0 unspecified atom stereocenters. The predicted octanol–water partition coefficient (Wildman–Crippen LogP) is 0.638. The van der Waals surface area contributed by atoms with Crippen LogP contribution in [0.5, 0.6) is 0 Å². The van der Waals surface area contributed by atoms with Crippen LogP contribution in [-0.2, 0) is 20.0 Å². The first-order valence-electron chi connectivity index (χ1n) is 4.96. The molecule has 94 valence electrons. The number of hydrogen-bond donors (Lipinski definition) is 0. The van der Waals surface area contributed by atoms with Crippen molar-refractivity contribution in [2.45, 2.75) is 9.79 Å². The van der Waals surface area contributed by atoms with E-state index in [0.717, 1.165) is 14.7 Å². The maximum absolute atomic E-state index is 11.9. The number of rotatable bonds is 4. The zero-order valence-electron chi connectivity index (χ0n) is 8.96. The SMILES string of the molecule is O=S(=O)(c1cccc(S(=O)(=O)N2C=C2)c1)N1C=C1. The van der Waals surface area contributed by atoms with Crippen molar-refractivity contribution in [1.82, 2.24) is 8.61 Å². The highest BCUT2D eigenvalue weighted by molar-refractivity contribution is 7.90. The molecule has 0 atom stereocenters. The van der Waals surface area contributed by atoms with Crippen LogP contribution < -0.4 is 0 Å². The minimum atomic E-state index is -3.64. The number of nitrogens with zero attached hydrogens (tertiary/aromatic N) is 2. The fraction of sp³-hybridized carbons (Fsp3) is 0. The summed E-state index contributed by atoms with van der Waals surface area (Å²) < 4.78 is 49.7. The molecule has 0 spiro atoms. The molecule has 0 bridgehead atoms. The average molecular weight is 284 g/mol. The summed E-state index contributed by atoms with van der Waals surface area (Å²) in [4.78, 5) is -0.0918. The molecule has 0 fully saturated rings. The quantitative estimate of drug-likeness (QED) is 0.813. The smallest absolute Gasteiger partial charge is 0.246 e. The van der Waals surface area contributed by atoms with E-state index in [0.29, 0.717) is 0 Å². The second-order valence-corrected chi connectivity index (χ2v) is 7.43. The van der Waals surface area contributed by atoms with E-state index in [2.05, 4.69) is 0 Å². The molecule has 2 heterocycles. The van der Waals surface area contributed by atoms with Crippen molar-refractivity contribution < 1.29 is 16.8 Å². The van der Waals surface area contributed by atoms with Crippen LogP contribution in [0.15, 0.2) is 58.9 Å². The van der Waals surface area contributed by atoms with Gasteiger partial charge in [0.15, 0.2) is 0 Å². The summed E-state index contributed by atoms with van der Waals surface area (Å²) in [6.45, 7) is 0. The lowest BCUT2D eigenvalue weighted by Crippen LogP contribution is -2.14. The van der Waals surface area contributed by atoms with Crippen LogP contribution in [-0.4, -0.2) is 25.4 Å². The third kappa shape index (κ3) is 1.70. The molecule has 0 saturated carbocycles. The van der Waals surface area contributed by atoms with Crippen LogP contribution in [0.1, 0.15) is 0 Å². The molecule has 1 aromatic carbocycles. The highest BCUT2D eigenvalue weighted by Gasteiger charge is 2.30. The van der Waals surface area contributed by atoms with Gasteiger partial charge in [0.1, 0.15) is 0 Å². The van der Waals surface area contributed by atoms with Gasteiger partial charge in [0.25, 0.3) is 20.0 Å². The first-order valence-corrected chi connectivity index (χ1v) is 7.84. The summed E-state index contributed by atoms with van der Waals surface area (Å²) in [5, 5.41) is 0. The maximum atomic E-state index is 11.9. The minimum absolute atomic E-state index is 0.0459. The lowest BCUT2D eigenvalue weighted by Gasteiger charge is -2.09. The zero-order chi connectivity index (χ0) is 13.0. The number of benzene rings is 1. The molecule has 2 aliphatic rings. The highest BCUT2D eigenvalue weighted by Crippen LogP contribution is 2.27. The third-order valence-corrected chi connectivity index (χ3v) is 5.79. The van der Waals surface area contributed by atoms with Gasteiger partial charge in [0, 0.05) is 24.8 Å². The summed E-state index contributed by atoms with van der Waals surface area (Å²) in [5.74, 6) is 0. The molecular weight excluding hydrogens is 276 g/mol. The van der Waals surface area contributed by atoms with Gasteiger partial charge in [-0.05, 0) is 18.2 Å². The Kier molecular flexibility index (Phi) is 2.11. The topological polar surface area (TPSA) is 74.3 Å². The van der Waals surface area contributed by atoms with Crippen molar-refractivity contribution in [3.8, 4) is 0 Å². The van der Waals surface area contributed by atoms with E-state index < -0.39 is 20.0 Å². The fourth-order valence-corrected chi connectivity index (χ4v) is 3.78. The molecular formula is C10H8N2O4S2. The van der Waals surface area contributed by atoms with Crippen molar-refractivity contribution in [1.29, 1.82) is 0 Å². The van der Waals surface area contributed by atoms with Gasteiger partial charge < -0.3 is 0 Å². The van der Waals surface area contributed by atoms with Gasteiger partial charge in [-0.15, -0.1) is 0 Å². The van der Waals surface area contributed by atoms with Crippen molar-refractivity contribution in [2.24, 2.45) is 0 Å².